The van der Waals surface area contributed by atoms with E-state index < -0.39 is 150 Å². The molecule has 0 bridgehead atoms. The Labute approximate surface area is 804 Å². The summed E-state index contributed by atoms with van der Waals surface area (Å²) in [5.41, 5.74) is -0.706. The van der Waals surface area contributed by atoms with E-state index >= 15 is 0 Å². The fourth-order valence-electron chi connectivity index (χ4n) is 10.4. The number of rotatable bonds is 33. The number of carbonyl (C=O) groups is 8. The largest absolute Gasteiger partial charge is 0.491 e. The van der Waals surface area contributed by atoms with E-state index in [-0.39, 0.29) is 145 Å². The minimum absolute atomic E-state index is 0.0181. The predicted octanol–water partition coefficient (Wildman–Crippen LogP) is 1.92. The Hall–Kier alpha value is -15.6. The average molecular weight is 2130 g/mol. The van der Waals surface area contributed by atoms with Crippen molar-refractivity contribution in [2.75, 3.05) is 115 Å². The van der Waals surface area contributed by atoms with Gasteiger partial charge >= 0.3 is 66.1 Å². The maximum atomic E-state index is 13.0. The number of amides is 10. The second-order valence-corrected chi connectivity index (χ2v) is 39.5. The number of nitrogens with one attached hydrogen (secondary N) is 12. The number of ether oxygens (including phenoxy) is 10. The molecule has 13 N–H and O–H groups in total. The number of sulfone groups is 1. The van der Waals surface area contributed by atoms with Crippen molar-refractivity contribution in [3.05, 3.63) is 164 Å². The molecule has 1 unspecified atom stereocenters. The van der Waals surface area contributed by atoms with Crippen LogP contribution in [0.15, 0.2) is 144 Å². The van der Waals surface area contributed by atoms with Crippen molar-refractivity contribution in [2.24, 2.45) is 0 Å². The maximum absolute atomic E-state index is 13.0. The van der Waals surface area contributed by atoms with Crippen LogP contribution in [0.3, 0.4) is 0 Å². The normalized spacial score (nSPS) is 12.5. The molecule has 1 atom stereocenters. The number of alkyl halides is 1. The van der Waals surface area contributed by atoms with E-state index in [2.05, 4.69) is 111 Å². The van der Waals surface area contributed by atoms with Crippen LogP contribution in [0.2, 0.25) is 0 Å². The van der Waals surface area contributed by atoms with Gasteiger partial charge in [-0.05, 0) is 86.3 Å². The molecule has 0 saturated carbocycles. The Kier molecular flexibility index (Phi) is 39.4. The average Bonchev–Trinajstić information content (AvgIpc) is 1.59. The number of sulfonamides is 6. The number of hydrogen-bond donors (Lipinski definition) is 13. The lowest BCUT2D eigenvalue weighted by Gasteiger charge is -2.24. The van der Waals surface area contributed by atoms with Crippen LogP contribution < -0.4 is 98.1 Å². The highest BCUT2D eigenvalue weighted by Gasteiger charge is 2.43. The van der Waals surface area contributed by atoms with Gasteiger partial charge in [-0.3, -0.25) is 26.6 Å². The third-order valence-corrected chi connectivity index (χ3v) is 26.8. The minimum atomic E-state index is -4.70. The summed E-state index contributed by atoms with van der Waals surface area (Å²) in [4.78, 5) is 144. The van der Waals surface area contributed by atoms with E-state index in [9.17, 15) is 102 Å². The van der Waals surface area contributed by atoms with Gasteiger partial charge in [0.25, 0.3) is 50.1 Å². The number of halogens is 1. The number of nitrogens with zero attached hydrogens (tertiary/aromatic N) is 14. The first-order valence-electron chi connectivity index (χ1n) is 38.1. The Bertz CT molecular complexity index is 7070. The summed E-state index contributed by atoms with van der Waals surface area (Å²) < 4.78 is 233. The van der Waals surface area contributed by atoms with E-state index in [0.717, 1.165) is 50.0 Å². The standard InChI is InChI=1S/C16H20N6O7S2.C16H19N5O9S2.C14H16ClN5O5S.C14H15N5O6S.C12H13N5O6S2/c1-4-30(24,25)13-14(22-8-6-5-7-10(22)17-13)31(26,27)21-16(23)20-15-18-11(28-2)9-12(19-15)29-3;1-29-12-7-13(30-2)19-15(18-12)20-16(24)21-32(27,28)11-6-9(8-17-31(3,25)26)4-5-10(11)14(22)23;1-9-16-12(19-14(17-9)24-2)18-13(21)20-26(22,23)11-6-4-3-5-10(11)25-8-7-15;1-8-15-12(18-14(16-8)25-3)17-13(21)19-26(22,23)10-7-5-4-6-9(10)11(20)24-2;1-6-13-10(16-12(14-6)23-3)15-11(19)17-25(20,21)7-4-5-24-8(7)9(18)22-2/h5-10,17H,4H2,1-3H3,(H2,18,19,20,21,23);4-7,17H,8H2,1-3H3,(H,22,23)(H2,18,19,20,21,24);3-6H,7-8H2,1-2H3,(H2,16,17,18,19,20,21);4-7H,1-3H3,(H2,15,16,17,18,19,21);4-5H,1-3H3,(H2,13,14,15,16,17,19). The number of aryl methyl sites for hydroxylation is 3. The molecule has 11 rings (SSSR count). The van der Waals surface area contributed by atoms with Crippen LogP contribution in [0, 0.1) is 20.8 Å². The molecule has 0 spiro atoms. The number of esters is 2. The second-order valence-electron chi connectivity index (χ2n) is 26.0. The van der Waals surface area contributed by atoms with E-state index in [1.165, 1.54) is 154 Å². The Morgan fingerprint density at radius 1 is 0.450 bits per heavy atom. The molecular weight excluding hydrogens is 2050 g/mol. The number of hydrogen-bond acceptors (Lipinski definition) is 48. The van der Waals surface area contributed by atoms with Crippen molar-refractivity contribution in [1.29, 1.82) is 0 Å². The van der Waals surface area contributed by atoms with E-state index in [1.54, 1.807) is 44.0 Å². The molecule has 3 aromatic carbocycles. The van der Waals surface area contributed by atoms with Gasteiger partial charge in [0.15, 0.2) is 19.9 Å². The molecule has 0 aliphatic carbocycles. The van der Waals surface area contributed by atoms with Crippen molar-refractivity contribution in [1.82, 2.24) is 103 Å². The number of fused-ring (bicyclic) bond motifs is 1. The van der Waals surface area contributed by atoms with Crippen molar-refractivity contribution < 1.29 is 150 Å². The molecule has 10 amide bonds. The smallest absolute Gasteiger partial charge is 0.349 e. The molecule has 68 heteroatoms. The van der Waals surface area contributed by atoms with Crippen LogP contribution in [-0.4, -0.2) is 276 Å². The number of thiophene rings is 1. The summed E-state index contributed by atoms with van der Waals surface area (Å²) in [5, 5.41) is 23.0. The van der Waals surface area contributed by atoms with Crippen LogP contribution in [-0.2, 0) is 86.0 Å². The van der Waals surface area contributed by atoms with Crippen LogP contribution in [0.4, 0.5) is 53.7 Å². The summed E-state index contributed by atoms with van der Waals surface area (Å²) in [6.45, 7) is 5.84. The number of benzene rings is 3. The molecule has 140 heavy (non-hydrogen) atoms. The second kappa shape index (κ2) is 49.4. The first-order chi connectivity index (χ1) is 65.8. The van der Waals surface area contributed by atoms with Gasteiger partial charge in [0, 0.05) is 12.7 Å². The molecule has 6 aromatic heterocycles. The van der Waals surface area contributed by atoms with E-state index in [0.29, 0.717) is 0 Å². The summed E-state index contributed by atoms with van der Waals surface area (Å²) in [7, 11) is -18.2. The highest BCUT2D eigenvalue weighted by atomic mass is 35.5. The minimum Gasteiger partial charge on any atom is -0.491 e. The van der Waals surface area contributed by atoms with Crippen molar-refractivity contribution in [3.8, 4) is 47.3 Å². The highest BCUT2D eigenvalue weighted by molar-refractivity contribution is 7.98. The van der Waals surface area contributed by atoms with Crippen LogP contribution >= 0.6 is 22.9 Å². The van der Waals surface area contributed by atoms with Gasteiger partial charge in [-0.25, -0.2) is 117 Å². The lowest BCUT2D eigenvalue weighted by atomic mass is 10.1. The van der Waals surface area contributed by atoms with Crippen LogP contribution in [0.25, 0.3) is 0 Å². The van der Waals surface area contributed by atoms with Gasteiger partial charge in [-0.15, -0.1) is 22.9 Å². The van der Waals surface area contributed by atoms with Gasteiger partial charge < -0.3 is 62.7 Å². The van der Waals surface area contributed by atoms with E-state index in [4.69, 9.17) is 49.5 Å². The van der Waals surface area contributed by atoms with Crippen molar-refractivity contribution in [2.45, 2.75) is 60.0 Å². The number of allylic oxidation sites excluding steroid dienone is 2. The van der Waals surface area contributed by atoms with Crippen LogP contribution in [0.1, 0.15) is 60.3 Å². The summed E-state index contributed by atoms with van der Waals surface area (Å²) in [6, 6.07) is 12.2. The zero-order valence-electron chi connectivity index (χ0n) is 74.8. The molecule has 2 aliphatic rings. The number of methoxy groups -OCH3 is 9. The number of carboxylic acid groups (broad SMARTS) is 1. The lowest BCUT2D eigenvalue weighted by molar-refractivity contribution is 0.0590. The maximum Gasteiger partial charge on any atom is 0.349 e. The van der Waals surface area contributed by atoms with Crippen LogP contribution in [0.5, 0.6) is 47.3 Å². The molecule has 754 valence electrons. The molecule has 8 heterocycles. The molecule has 59 nitrogen and oxygen atoms in total. The van der Waals surface area contributed by atoms with Gasteiger partial charge in [0.2, 0.25) is 63.3 Å². The Morgan fingerprint density at radius 3 is 1.26 bits per heavy atom. The van der Waals surface area contributed by atoms with E-state index in [1.807, 2.05) is 4.72 Å². The summed E-state index contributed by atoms with van der Waals surface area (Å²) in [6.07, 6.45) is 6.29. The van der Waals surface area contributed by atoms with Crippen molar-refractivity contribution in [3.63, 3.8) is 0 Å². The number of aromatic nitrogens is 13. The van der Waals surface area contributed by atoms with Crippen molar-refractivity contribution >= 4 is 171 Å². The fraction of sp³-hybridized carbons (Fsp3) is 0.264. The van der Waals surface area contributed by atoms with Gasteiger partial charge in [-0.1, -0.05) is 43.3 Å². The zero-order chi connectivity index (χ0) is 104. The molecule has 9 aromatic rings. The third kappa shape index (κ3) is 32.3. The first kappa shape index (κ1) is 111. The summed E-state index contributed by atoms with van der Waals surface area (Å²) >= 11 is 6.42. The monoisotopic (exact) mass is 2130 g/mol. The first-order valence-corrected chi connectivity index (χ1v) is 50.4. The quantitative estimate of drug-likeness (QED) is 0.0206. The zero-order valence-corrected chi connectivity index (χ0v) is 82.1. The van der Waals surface area contributed by atoms with Gasteiger partial charge in [0.1, 0.15) is 60.5 Å². The third-order valence-electron chi connectivity index (χ3n) is 16.2. The Morgan fingerprint density at radius 2 is 0.850 bits per heavy atom. The topological polar surface area (TPSA) is 803 Å². The summed E-state index contributed by atoms with van der Waals surface area (Å²) in [5.74, 6) is -3.56. The molecule has 0 saturated heterocycles. The molecule has 0 fully saturated rings. The van der Waals surface area contributed by atoms with Gasteiger partial charge in [-0.2, -0.15) is 73.2 Å². The SMILES string of the molecule is CCS(=O)(=O)C1=C(S(=O)(=O)NC(=O)Nc2nc(OC)cc(OC)n2)N2C=CC=CC2N1.COC(=O)c1ccccc1S(=O)(=O)NC(=O)Nc1nc(C)nc(OC)n1.COC(=O)c1sccc1S(=O)(=O)NC(=O)Nc1nc(C)nc(OC)n1.COc1cc(OC)nc(NC(=O)NS(=O)(=O)c2cc(CNS(C)(=O)=O)ccc2C(=O)O)n1.COc1nc(C)nc(NC(=O)NS(=O)(=O)c2ccccc2OCCCl)n1. The predicted molar refractivity (Wildman–Crippen MR) is 487 cm³/mol. The number of anilines is 5. The number of urea groups is 5. The molecular formula is C72H83ClN26O33S8. The number of carboxylic acids is 1. The van der Waals surface area contributed by atoms with Gasteiger partial charge in [0.05, 0.1) is 105 Å². The molecule has 0 radical (unpaired) electrons. The number of carbonyl (C=O) groups excluding carboxylic acids is 7. The molecule has 2 aliphatic heterocycles. The Balaban J connectivity index is 0.000000239. The number of aromatic carboxylic acids is 1. The number of para-hydroxylation sites is 1. The lowest BCUT2D eigenvalue weighted by Crippen LogP contribution is -2.40. The fourth-order valence-corrected chi connectivity index (χ4v) is 19.3. The highest BCUT2D eigenvalue weighted by Crippen LogP contribution is 2.32.